The number of morpholine rings is 1. The quantitative estimate of drug-likeness (QED) is 0.536. The molecule has 1 aromatic carbocycles. The molecular formula is C24H28N6O4. The van der Waals surface area contributed by atoms with E-state index in [1.165, 1.54) is 0 Å². The van der Waals surface area contributed by atoms with Gasteiger partial charge < -0.3 is 19.8 Å². The minimum Gasteiger partial charge on any atom is -0.465 e. The second kappa shape index (κ2) is 8.52. The first-order valence-electron chi connectivity index (χ1n) is 12.0. The zero-order valence-corrected chi connectivity index (χ0v) is 18.8. The average Bonchev–Trinajstić information content (AvgIpc) is 3.41. The molecule has 4 heterocycles. The Hall–Kier alpha value is -3.24. The van der Waals surface area contributed by atoms with Gasteiger partial charge in [-0.2, -0.15) is 5.10 Å². The third kappa shape index (κ3) is 3.97. The first-order chi connectivity index (χ1) is 16.5. The van der Waals surface area contributed by atoms with E-state index in [1.54, 1.807) is 12.1 Å². The molecule has 178 valence electrons. The monoisotopic (exact) mass is 464 g/mol. The van der Waals surface area contributed by atoms with Gasteiger partial charge in [-0.25, -0.2) is 19.4 Å². The number of nitrogens with zero attached hydrogens (tertiary/aromatic N) is 5. The molecule has 1 saturated carbocycles. The van der Waals surface area contributed by atoms with Crippen LogP contribution in [-0.2, 0) is 4.74 Å². The topological polar surface area (TPSA) is 126 Å². The van der Waals surface area contributed by atoms with E-state index in [9.17, 15) is 9.90 Å². The maximum absolute atomic E-state index is 10.9. The zero-order valence-electron chi connectivity index (χ0n) is 18.8. The number of hydrogen-bond acceptors (Lipinski definition) is 7. The van der Waals surface area contributed by atoms with Crippen molar-refractivity contribution >= 4 is 28.6 Å². The maximum atomic E-state index is 10.9. The van der Waals surface area contributed by atoms with E-state index in [0.29, 0.717) is 11.5 Å². The molecule has 3 aromatic rings. The Balaban J connectivity index is 1.42. The van der Waals surface area contributed by atoms with Gasteiger partial charge in [-0.1, -0.05) is 0 Å². The molecule has 2 aliphatic heterocycles. The highest BCUT2D eigenvalue weighted by atomic mass is 16.5. The van der Waals surface area contributed by atoms with E-state index in [4.69, 9.17) is 24.9 Å². The fraction of sp³-hybridized carbons (Fsp3) is 0.500. The molecule has 2 bridgehead atoms. The van der Waals surface area contributed by atoms with Crippen molar-refractivity contribution in [3.8, 4) is 11.4 Å². The Morgan fingerprint density at radius 2 is 1.71 bits per heavy atom. The highest BCUT2D eigenvalue weighted by Gasteiger charge is 2.35. The van der Waals surface area contributed by atoms with Crippen LogP contribution in [0.15, 0.2) is 30.5 Å². The molecule has 2 atom stereocenters. The SMILES string of the molecule is O=C(O)Nc1ccc(-c2nc(N3CC4CCC(C3)O4)c3cnn(C4CCC(O)CC4)c3n2)cc1. The molecule has 6 rings (SSSR count). The fourth-order valence-corrected chi connectivity index (χ4v) is 5.46. The average molecular weight is 465 g/mol. The van der Waals surface area contributed by atoms with Crippen LogP contribution in [0.4, 0.5) is 16.3 Å². The van der Waals surface area contributed by atoms with Gasteiger partial charge in [0.15, 0.2) is 11.5 Å². The molecule has 2 unspecified atom stereocenters. The van der Waals surface area contributed by atoms with Gasteiger partial charge in [0.05, 0.1) is 35.9 Å². The molecule has 1 aliphatic carbocycles. The highest BCUT2D eigenvalue weighted by molar-refractivity contribution is 5.89. The summed E-state index contributed by atoms with van der Waals surface area (Å²) in [5, 5.41) is 27.0. The number of anilines is 2. The van der Waals surface area contributed by atoms with Crippen LogP contribution in [0.25, 0.3) is 22.4 Å². The fourth-order valence-electron chi connectivity index (χ4n) is 5.46. The molecule has 0 radical (unpaired) electrons. The Morgan fingerprint density at radius 3 is 2.38 bits per heavy atom. The van der Waals surface area contributed by atoms with Gasteiger partial charge in [-0.15, -0.1) is 0 Å². The highest BCUT2D eigenvalue weighted by Crippen LogP contribution is 2.36. The number of amides is 1. The number of aliphatic hydroxyl groups is 1. The van der Waals surface area contributed by atoms with Crippen LogP contribution in [0.3, 0.4) is 0 Å². The summed E-state index contributed by atoms with van der Waals surface area (Å²) in [6, 6.07) is 7.28. The number of carboxylic acid groups (broad SMARTS) is 1. The van der Waals surface area contributed by atoms with E-state index < -0.39 is 6.09 Å². The van der Waals surface area contributed by atoms with E-state index in [1.807, 2.05) is 23.0 Å². The van der Waals surface area contributed by atoms with Crippen LogP contribution in [0.2, 0.25) is 0 Å². The number of rotatable bonds is 4. The van der Waals surface area contributed by atoms with Gasteiger partial charge in [0, 0.05) is 24.3 Å². The molecule has 0 spiro atoms. The number of carbonyl (C=O) groups is 1. The molecule has 10 heteroatoms. The van der Waals surface area contributed by atoms with E-state index in [0.717, 1.165) is 74.0 Å². The van der Waals surface area contributed by atoms with Crippen molar-refractivity contribution in [1.82, 2.24) is 19.7 Å². The molecule has 1 amide bonds. The van der Waals surface area contributed by atoms with Crippen LogP contribution in [0.5, 0.6) is 0 Å². The lowest BCUT2D eigenvalue weighted by Crippen LogP contribution is -2.43. The van der Waals surface area contributed by atoms with Gasteiger partial charge in [-0.05, 0) is 62.8 Å². The van der Waals surface area contributed by atoms with Crippen molar-refractivity contribution in [2.75, 3.05) is 23.3 Å². The predicted octanol–water partition coefficient (Wildman–Crippen LogP) is 3.43. The van der Waals surface area contributed by atoms with Gasteiger partial charge in [0.25, 0.3) is 0 Å². The minimum absolute atomic E-state index is 0.194. The summed E-state index contributed by atoms with van der Waals surface area (Å²) in [6.07, 6.45) is 6.39. The zero-order chi connectivity index (χ0) is 23.2. The molecule has 34 heavy (non-hydrogen) atoms. The van der Waals surface area contributed by atoms with E-state index in [-0.39, 0.29) is 24.4 Å². The van der Waals surface area contributed by atoms with Crippen LogP contribution >= 0.6 is 0 Å². The van der Waals surface area contributed by atoms with Crippen molar-refractivity contribution in [2.24, 2.45) is 0 Å². The van der Waals surface area contributed by atoms with Crippen molar-refractivity contribution in [3.05, 3.63) is 30.5 Å². The number of fused-ring (bicyclic) bond motifs is 3. The number of aromatic nitrogens is 4. The third-order valence-corrected chi connectivity index (χ3v) is 7.18. The van der Waals surface area contributed by atoms with E-state index >= 15 is 0 Å². The molecule has 3 fully saturated rings. The second-order valence-electron chi connectivity index (χ2n) is 9.53. The molecule has 3 N–H and O–H groups in total. The number of nitrogens with one attached hydrogen (secondary N) is 1. The lowest BCUT2D eigenvalue weighted by molar-refractivity contribution is 0.0303. The Morgan fingerprint density at radius 1 is 1.00 bits per heavy atom. The molecule has 10 nitrogen and oxygen atoms in total. The maximum Gasteiger partial charge on any atom is 0.409 e. The number of hydrogen-bond donors (Lipinski definition) is 3. The van der Waals surface area contributed by atoms with Crippen LogP contribution < -0.4 is 10.2 Å². The molecule has 2 saturated heterocycles. The normalized spacial score (nSPS) is 26.7. The van der Waals surface area contributed by atoms with Gasteiger partial charge >= 0.3 is 6.09 Å². The summed E-state index contributed by atoms with van der Waals surface area (Å²) in [4.78, 5) is 23.2. The Bertz CT molecular complexity index is 1190. The van der Waals surface area contributed by atoms with Crippen molar-refractivity contribution in [3.63, 3.8) is 0 Å². The lowest BCUT2D eigenvalue weighted by Gasteiger charge is -2.33. The van der Waals surface area contributed by atoms with Crippen molar-refractivity contribution in [2.45, 2.75) is 62.9 Å². The number of benzene rings is 1. The summed E-state index contributed by atoms with van der Waals surface area (Å²) in [5.41, 5.74) is 2.10. The lowest BCUT2D eigenvalue weighted by atomic mass is 9.93. The van der Waals surface area contributed by atoms with Crippen molar-refractivity contribution in [1.29, 1.82) is 0 Å². The molecular weight excluding hydrogens is 436 g/mol. The third-order valence-electron chi connectivity index (χ3n) is 7.18. The van der Waals surface area contributed by atoms with Crippen LogP contribution in [0.1, 0.15) is 44.6 Å². The standard InChI is InChI=1S/C24H28N6O4/c31-17-7-5-16(6-8-17)30-23-20(11-25-30)22(29-12-18-9-10-19(13-29)34-18)27-21(28-23)14-1-3-15(4-2-14)26-24(32)33/h1-4,11,16-19,26,31H,5-10,12-13H2,(H,32,33). The number of ether oxygens (including phenoxy) is 1. The van der Waals surface area contributed by atoms with Crippen LogP contribution in [0, 0.1) is 0 Å². The first kappa shape index (κ1) is 21.3. The largest absolute Gasteiger partial charge is 0.465 e. The van der Waals surface area contributed by atoms with Crippen molar-refractivity contribution < 1.29 is 19.7 Å². The van der Waals surface area contributed by atoms with Gasteiger partial charge in [0.2, 0.25) is 0 Å². The second-order valence-corrected chi connectivity index (χ2v) is 9.53. The number of aliphatic hydroxyl groups excluding tert-OH is 1. The Labute approximate surface area is 196 Å². The summed E-state index contributed by atoms with van der Waals surface area (Å²) in [7, 11) is 0. The smallest absolute Gasteiger partial charge is 0.409 e. The first-order valence-corrected chi connectivity index (χ1v) is 12.0. The minimum atomic E-state index is -1.10. The molecule has 2 aromatic heterocycles. The van der Waals surface area contributed by atoms with E-state index in [2.05, 4.69) is 10.2 Å². The summed E-state index contributed by atoms with van der Waals surface area (Å²) >= 11 is 0. The summed E-state index contributed by atoms with van der Waals surface area (Å²) < 4.78 is 8.05. The van der Waals surface area contributed by atoms with Crippen LogP contribution in [-0.4, -0.2) is 67.5 Å². The molecule has 3 aliphatic rings. The van der Waals surface area contributed by atoms with Gasteiger partial charge in [-0.3, -0.25) is 5.32 Å². The van der Waals surface area contributed by atoms with Gasteiger partial charge in [0.1, 0.15) is 5.82 Å². The summed E-state index contributed by atoms with van der Waals surface area (Å²) in [6.45, 7) is 1.59. The predicted molar refractivity (Wildman–Crippen MR) is 126 cm³/mol. The summed E-state index contributed by atoms with van der Waals surface area (Å²) in [5.74, 6) is 1.45. The Kier molecular flexibility index (Phi) is 5.34.